The molecule has 0 unspecified atom stereocenters. The molecule has 3 aromatic carbocycles. The Kier molecular flexibility index (Phi) is 5.89. The second-order valence-electron chi connectivity index (χ2n) is 9.11. The van der Waals surface area contributed by atoms with Crippen LogP contribution in [0.25, 0.3) is 0 Å². The summed E-state index contributed by atoms with van der Waals surface area (Å²) in [5.74, 6) is 1.07. The van der Waals surface area contributed by atoms with Crippen LogP contribution in [0.4, 0.5) is 0 Å². The molecule has 1 amide bonds. The van der Waals surface area contributed by atoms with E-state index in [1.807, 2.05) is 53.6 Å². The third-order valence-electron chi connectivity index (χ3n) is 6.47. The predicted octanol–water partition coefficient (Wildman–Crippen LogP) is 5.70. The van der Waals surface area contributed by atoms with Crippen molar-refractivity contribution in [2.75, 3.05) is 0 Å². The van der Waals surface area contributed by atoms with Gasteiger partial charge in [-0.3, -0.25) is 4.79 Å². The van der Waals surface area contributed by atoms with Gasteiger partial charge >= 0.3 is 0 Å². The molecule has 0 radical (unpaired) electrons. The summed E-state index contributed by atoms with van der Waals surface area (Å²) in [5.41, 5.74) is 4.84. The molecule has 2 aliphatic heterocycles. The highest BCUT2D eigenvalue weighted by molar-refractivity contribution is 6.14. The zero-order chi connectivity index (χ0) is 23.5. The quantitative estimate of drug-likeness (QED) is 0.466. The molecule has 0 aliphatic carbocycles. The summed E-state index contributed by atoms with van der Waals surface area (Å²) < 4.78 is 6.14. The highest BCUT2D eigenvalue weighted by atomic mass is 16.5. The smallest absolute Gasteiger partial charge is 0.274 e. The molecule has 0 aromatic heterocycles. The van der Waals surface area contributed by atoms with E-state index in [2.05, 4.69) is 67.4 Å². The molecule has 0 atom stereocenters. The third-order valence-corrected chi connectivity index (χ3v) is 6.47. The molecule has 4 heteroatoms. The number of benzene rings is 3. The van der Waals surface area contributed by atoms with E-state index in [4.69, 9.17) is 4.74 Å². The van der Waals surface area contributed by atoms with Gasteiger partial charge in [0.25, 0.3) is 5.91 Å². The van der Waals surface area contributed by atoms with Crippen LogP contribution in [0.2, 0.25) is 0 Å². The minimum atomic E-state index is -0.841. The Morgan fingerprint density at radius 2 is 1.38 bits per heavy atom. The summed E-state index contributed by atoms with van der Waals surface area (Å²) in [4.78, 5) is 20.2. The van der Waals surface area contributed by atoms with Gasteiger partial charge in [0.15, 0.2) is 11.6 Å². The van der Waals surface area contributed by atoms with Crippen LogP contribution in [-0.2, 0) is 29.0 Å². The molecule has 5 rings (SSSR count). The van der Waals surface area contributed by atoms with Crippen LogP contribution < -0.4 is 0 Å². The van der Waals surface area contributed by atoms with Crippen molar-refractivity contribution in [2.24, 2.45) is 4.99 Å². The second kappa shape index (κ2) is 9.14. The summed E-state index contributed by atoms with van der Waals surface area (Å²) in [6.07, 6.45) is 6.91. The fourth-order valence-corrected chi connectivity index (χ4v) is 4.56. The summed E-state index contributed by atoms with van der Waals surface area (Å²) in [6, 6.07) is 26.8. The van der Waals surface area contributed by atoms with Gasteiger partial charge < -0.3 is 9.64 Å². The standard InChI is InChI=1S/C30H28N2O2/c1-22-10-14-24(15-11-22)19-30(20-25-16-12-23(2)13-17-25)29(33)31-28-27(9-6-18-32(28)30)34-21-26-7-4-3-5-8-26/h3-18H,19-21H2,1-2H3. The van der Waals surface area contributed by atoms with E-state index in [9.17, 15) is 4.79 Å². The molecule has 0 fully saturated rings. The highest BCUT2D eigenvalue weighted by Gasteiger charge is 2.51. The molecule has 3 aromatic rings. The Bertz CT molecular complexity index is 1220. The summed E-state index contributed by atoms with van der Waals surface area (Å²) >= 11 is 0. The number of aliphatic imine (C=N–C) groups is 1. The number of amidine groups is 1. The first-order valence-electron chi connectivity index (χ1n) is 11.6. The molecular weight excluding hydrogens is 420 g/mol. The molecule has 34 heavy (non-hydrogen) atoms. The van der Waals surface area contributed by atoms with Gasteiger partial charge in [0.1, 0.15) is 12.1 Å². The fraction of sp³-hybridized carbons (Fsp3) is 0.200. The van der Waals surface area contributed by atoms with Crippen molar-refractivity contribution in [3.05, 3.63) is 131 Å². The van der Waals surface area contributed by atoms with Gasteiger partial charge in [0.2, 0.25) is 0 Å². The second-order valence-corrected chi connectivity index (χ2v) is 9.11. The minimum absolute atomic E-state index is 0.135. The molecule has 0 N–H and O–H groups in total. The molecule has 170 valence electrons. The van der Waals surface area contributed by atoms with Crippen LogP contribution in [0.1, 0.15) is 27.8 Å². The first kappa shape index (κ1) is 21.9. The monoisotopic (exact) mass is 448 g/mol. The summed E-state index contributed by atoms with van der Waals surface area (Å²) in [5, 5.41) is 0. The number of carbonyl (C=O) groups is 1. The van der Waals surface area contributed by atoms with Gasteiger partial charge in [-0.05, 0) is 42.7 Å². The zero-order valence-electron chi connectivity index (χ0n) is 19.6. The largest absolute Gasteiger partial charge is 0.485 e. The SMILES string of the molecule is Cc1ccc(CC2(Cc3ccc(C)cc3)C(=O)N=C3C(OCc4ccccc4)=CC=CN32)cc1. The number of ether oxygens (including phenoxy) is 1. The van der Waals surface area contributed by atoms with Crippen molar-refractivity contribution in [1.29, 1.82) is 0 Å². The molecule has 4 nitrogen and oxygen atoms in total. The maximum absolute atomic E-state index is 13.7. The number of rotatable bonds is 7. The van der Waals surface area contributed by atoms with E-state index in [0.29, 0.717) is 31.0 Å². The van der Waals surface area contributed by atoms with E-state index in [-0.39, 0.29) is 5.91 Å². The van der Waals surface area contributed by atoms with Crippen molar-refractivity contribution in [3.63, 3.8) is 0 Å². The van der Waals surface area contributed by atoms with Gasteiger partial charge in [0.05, 0.1) is 0 Å². The first-order chi connectivity index (χ1) is 16.5. The summed E-state index contributed by atoms with van der Waals surface area (Å²) in [7, 11) is 0. The van der Waals surface area contributed by atoms with Crippen LogP contribution in [0.3, 0.4) is 0 Å². The number of allylic oxidation sites excluding steroid dienone is 2. The highest BCUT2D eigenvalue weighted by Crippen LogP contribution is 2.36. The molecule has 2 heterocycles. The van der Waals surface area contributed by atoms with Crippen molar-refractivity contribution in [3.8, 4) is 0 Å². The predicted molar refractivity (Wildman–Crippen MR) is 135 cm³/mol. The maximum atomic E-state index is 13.7. The maximum Gasteiger partial charge on any atom is 0.274 e. The van der Waals surface area contributed by atoms with E-state index in [0.717, 1.165) is 16.7 Å². The Morgan fingerprint density at radius 1 is 0.794 bits per heavy atom. The van der Waals surface area contributed by atoms with E-state index < -0.39 is 5.54 Å². The number of hydrogen-bond donors (Lipinski definition) is 0. The number of amides is 1. The lowest BCUT2D eigenvalue weighted by Crippen LogP contribution is -2.53. The molecule has 0 bridgehead atoms. The van der Waals surface area contributed by atoms with Crippen molar-refractivity contribution < 1.29 is 9.53 Å². The lowest BCUT2D eigenvalue weighted by molar-refractivity contribution is -0.124. The van der Waals surface area contributed by atoms with Crippen molar-refractivity contribution in [1.82, 2.24) is 4.90 Å². The van der Waals surface area contributed by atoms with Crippen LogP contribution in [0, 0.1) is 13.8 Å². The average molecular weight is 449 g/mol. The third kappa shape index (κ3) is 4.32. The molecular formula is C30H28N2O2. The van der Waals surface area contributed by atoms with Gasteiger partial charge in [-0.25, -0.2) is 0 Å². The lowest BCUT2D eigenvalue weighted by Gasteiger charge is -2.38. The van der Waals surface area contributed by atoms with E-state index in [1.54, 1.807) is 0 Å². The molecule has 0 saturated carbocycles. The van der Waals surface area contributed by atoms with Crippen LogP contribution in [0.15, 0.2) is 108 Å². The van der Waals surface area contributed by atoms with Gasteiger partial charge in [-0.2, -0.15) is 4.99 Å². The Labute approximate surface area is 200 Å². The number of hydrogen-bond acceptors (Lipinski definition) is 3. The van der Waals surface area contributed by atoms with Crippen LogP contribution in [-0.4, -0.2) is 22.2 Å². The summed E-state index contributed by atoms with van der Waals surface area (Å²) in [6.45, 7) is 4.56. The normalized spacial score (nSPS) is 16.2. The molecule has 2 aliphatic rings. The van der Waals surface area contributed by atoms with Gasteiger partial charge in [-0.15, -0.1) is 0 Å². The lowest BCUT2D eigenvalue weighted by atomic mass is 9.82. The van der Waals surface area contributed by atoms with Crippen molar-refractivity contribution in [2.45, 2.75) is 38.8 Å². The zero-order valence-corrected chi connectivity index (χ0v) is 19.6. The number of nitrogens with zero attached hydrogens (tertiary/aromatic N) is 2. The van der Waals surface area contributed by atoms with E-state index in [1.165, 1.54) is 11.1 Å². The number of aryl methyl sites for hydroxylation is 2. The topological polar surface area (TPSA) is 41.9 Å². The van der Waals surface area contributed by atoms with Crippen LogP contribution in [0.5, 0.6) is 0 Å². The molecule has 0 saturated heterocycles. The van der Waals surface area contributed by atoms with Gasteiger partial charge in [0, 0.05) is 19.0 Å². The first-order valence-corrected chi connectivity index (χ1v) is 11.6. The number of fused-ring (bicyclic) bond motifs is 1. The van der Waals surface area contributed by atoms with Gasteiger partial charge in [-0.1, -0.05) is 90.0 Å². The van der Waals surface area contributed by atoms with Crippen molar-refractivity contribution >= 4 is 11.7 Å². The number of carbonyl (C=O) groups excluding carboxylic acids is 1. The Balaban J connectivity index is 1.47. The minimum Gasteiger partial charge on any atom is -0.485 e. The Hall–Kier alpha value is -3.92. The molecule has 0 spiro atoms. The fourth-order valence-electron chi connectivity index (χ4n) is 4.56. The average Bonchev–Trinajstić information content (AvgIpc) is 3.13. The van der Waals surface area contributed by atoms with Crippen LogP contribution >= 0.6 is 0 Å². The Morgan fingerprint density at radius 3 is 1.97 bits per heavy atom. The van der Waals surface area contributed by atoms with E-state index >= 15 is 0 Å².